The van der Waals surface area contributed by atoms with Crippen LogP contribution in [0.25, 0.3) is 0 Å². The molecule has 0 aromatic heterocycles. The molecule has 222 valence electrons. The van der Waals surface area contributed by atoms with Gasteiger partial charge in [0, 0.05) is 6.04 Å². The zero-order chi connectivity index (χ0) is 27.6. The number of nitrogens with zero attached hydrogens (tertiary/aromatic N) is 3. The van der Waals surface area contributed by atoms with Gasteiger partial charge in [0.15, 0.2) is 0 Å². The Hall–Kier alpha value is -0.163. The summed E-state index contributed by atoms with van der Waals surface area (Å²) in [7, 11) is -2.10. The largest absolute Gasteiger partial charge is 0.299 e. The number of hydrogen-bond acceptors (Lipinski definition) is 3. The molecule has 0 aliphatic rings. The molecule has 0 aliphatic carbocycles. The van der Waals surface area contributed by atoms with Gasteiger partial charge in [-0.05, 0) is 77.8 Å². The molecule has 0 heterocycles. The van der Waals surface area contributed by atoms with Crippen LogP contribution >= 0.6 is 0 Å². The van der Waals surface area contributed by atoms with E-state index < -0.39 is 8.56 Å². The number of allylic oxidation sites excluding steroid dienone is 1. The van der Waals surface area contributed by atoms with Crippen LogP contribution in [0.3, 0.4) is 0 Å². The van der Waals surface area contributed by atoms with E-state index in [2.05, 4.69) is 67.9 Å². The highest BCUT2D eigenvalue weighted by Gasteiger charge is 2.49. The van der Waals surface area contributed by atoms with Crippen LogP contribution in [0.1, 0.15) is 157 Å². The second-order valence-electron chi connectivity index (χ2n) is 11.5. The van der Waals surface area contributed by atoms with Crippen molar-refractivity contribution in [1.29, 1.82) is 0 Å². The molecule has 0 unspecified atom stereocenters. The number of rotatable bonds is 29. The summed E-state index contributed by atoms with van der Waals surface area (Å²) in [5.41, 5.74) is 0. The highest BCUT2D eigenvalue weighted by Crippen LogP contribution is 2.30. The quantitative estimate of drug-likeness (QED) is 0.0533. The molecule has 0 amide bonds. The normalized spacial score (nSPS) is 12.4. The Labute approximate surface area is 237 Å². The van der Waals surface area contributed by atoms with Crippen LogP contribution < -0.4 is 0 Å². The minimum Gasteiger partial charge on any atom is -0.299 e. The summed E-state index contributed by atoms with van der Waals surface area (Å²) in [6.45, 7) is 26.3. The van der Waals surface area contributed by atoms with Crippen LogP contribution in [0.2, 0.25) is 6.04 Å². The highest BCUT2D eigenvalue weighted by molar-refractivity contribution is 6.72. The van der Waals surface area contributed by atoms with Crippen molar-refractivity contribution in [3.8, 4) is 0 Å². The zero-order valence-corrected chi connectivity index (χ0v) is 27.8. The number of hydrogen-bond donors (Lipinski definition) is 0. The van der Waals surface area contributed by atoms with E-state index in [1.165, 1.54) is 161 Å². The van der Waals surface area contributed by atoms with E-state index in [0.717, 1.165) is 0 Å². The van der Waals surface area contributed by atoms with Crippen molar-refractivity contribution in [3.63, 3.8) is 0 Å². The number of unbranched alkanes of at least 4 members (excludes halogenated alkanes) is 12. The average Bonchev–Trinajstić information content (AvgIpc) is 2.90. The summed E-state index contributed by atoms with van der Waals surface area (Å²) in [6, 6.07) is 1.20. The molecule has 0 aromatic rings. The minimum atomic E-state index is -2.10. The molecule has 0 rings (SSSR count). The summed E-state index contributed by atoms with van der Waals surface area (Å²) in [6.07, 6.45) is 26.5. The van der Waals surface area contributed by atoms with Crippen molar-refractivity contribution >= 4 is 8.56 Å². The molecule has 0 saturated carbocycles. The Morgan fingerprint density at radius 2 is 0.622 bits per heavy atom. The van der Waals surface area contributed by atoms with Gasteiger partial charge in [-0.1, -0.05) is 125 Å². The molecular weight excluding hydrogens is 466 g/mol. The first-order valence-corrected chi connectivity index (χ1v) is 19.0. The lowest BCUT2D eigenvalue weighted by molar-refractivity contribution is 0.221. The third-order valence-corrected chi connectivity index (χ3v) is 13.3. The van der Waals surface area contributed by atoms with E-state index in [1.54, 1.807) is 0 Å². The zero-order valence-electron chi connectivity index (χ0n) is 26.8. The van der Waals surface area contributed by atoms with E-state index in [9.17, 15) is 0 Å². The van der Waals surface area contributed by atoms with Gasteiger partial charge >= 0.3 is 0 Å². The van der Waals surface area contributed by atoms with Gasteiger partial charge in [-0.3, -0.25) is 13.7 Å². The van der Waals surface area contributed by atoms with Crippen molar-refractivity contribution in [2.24, 2.45) is 0 Å². The van der Waals surface area contributed by atoms with E-state index in [1.807, 2.05) is 0 Å². The average molecular weight is 538 g/mol. The molecule has 0 fully saturated rings. The van der Waals surface area contributed by atoms with Gasteiger partial charge in [0.2, 0.25) is 0 Å². The van der Waals surface area contributed by atoms with Crippen molar-refractivity contribution in [2.75, 3.05) is 39.3 Å². The molecule has 0 radical (unpaired) electrons. The molecule has 0 N–H and O–H groups in total. The predicted molar refractivity (Wildman–Crippen MR) is 173 cm³/mol. The second kappa shape index (κ2) is 26.1. The third-order valence-electron chi connectivity index (χ3n) is 8.13. The fourth-order valence-corrected chi connectivity index (χ4v) is 11.4. The summed E-state index contributed by atoms with van der Waals surface area (Å²) in [5, 5.41) is 0. The molecule has 0 spiro atoms. The van der Waals surface area contributed by atoms with Crippen molar-refractivity contribution in [2.45, 2.75) is 163 Å². The van der Waals surface area contributed by atoms with E-state index in [0.29, 0.717) is 0 Å². The van der Waals surface area contributed by atoms with Crippen molar-refractivity contribution < 1.29 is 0 Å². The minimum absolute atomic E-state index is 1.20. The van der Waals surface area contributed by atoms with Crippen LogP contribution in [0.15, 0.2) is 12.7 Å². The van der Waals surface area contributed by atoms with Gasteiger partial charge in [-0.2, -0.15) is 0 Å². The molecule has 37 heavy (non-hydrogen) atoms. The Kier molecular flexibility index (Phi) is 26.0. The molecule has 0 aromatic carbocycles. The maximum atomic E-state index is 4.43. The van der Waals surface area contributed by atoms with Gasteiger partial charge < -0.3 is 0 Å². The molecule has 0 bridgehead atoms. The van der Waals surface area contributed by atoms with Gasteiger partial charge in [0.05, 0.1) is 0 Å². The SMILES string of the molecule is C=CC[Si](N(CCCCC)CCCCC)(N(CCCCC)CCCCC)N(CCCCC)CCCCC. The second-order valence-corrected chi connectivity index (χ2v) is 15.3. The van der Waals surface area contributed by atoms with Crippen LogP contribution in [-0.2, 0) is 0 Å². The maximum absolute atomic E-state index is 4.43. The van der Waals surface area contributed by atoms with Crippen LogP contribution in [0.4, 0.5) is 0 Å². The molecule has 3 nitrogen and oxygen atoms in total. The first-order chi connectivity index (χ1) is 18.1. The van der Waals surface area contributed by atoms with Gasteiger partial charge in [-0.15, -0.1) is 6.58 Å². The summed E-state index contributed by atoms with van der Waals surface area (Å²) >= 11 is 0. The smallest absolute Gasteiger partial charge is 0.293 e. The van der Waals surface area contributed by atoms with E-state index >= 15 is 0 Å². The highest BCUT2D eigenvalue weighted by atomic mass is 28.4. The van der Waals surface area contributed by atoms with E-state index in [-0.39, 0.29) is 0 Å². The van der Waals surface area contributed by atoms with E-state index in [4.69, 9.17) is 0 Å². The fourth-order valence-electron chi connectivity index (χ4n) is 5.91. The first-order valence-electron chi connectivity index (χ1n) is 17.0. The summed E-state index contributed by atoms with van der Waals surface area (Å²) in [4.78, 5) is 0. The topological polar surface area (TPSA) is 9.72 Å². The molecular formula is C33H71N3Si. The van der Waals surface area contributed by atoms with Crippen LogP contribution in [0, 0.1) is 0 Å². The monoisotopic (exact) mass is 538 g/mol. The fraction of sp³-hybridized carbons (Fsp3) is 0.939. The van der Waals surface area contributed by atoms with Crippen molar-refractivity contribution in [3.05, 3.63) is 12.7 Å². The summed E-state index contributed by atoms with van der Waals surface area (Å²) in [5.74, 6) is 0. The maximum Gasteiger partial charge on any atom is 0.293 e. The molecule has 4 heteroatoms. The van der Waals surface area contributed by atoms with Crippen LogP contribution in [-0.4, -0.2) is 61.5 Å². The van der Waals surface area contributed by atoms with Gasteiger partial charge in [0.25, 0.3) is 8.56 Å². The Morgan fingerprint density at radius 3 is 0.784 bits per heavy atom. The van der Waals surface area contributed by atoms with Crippen LogP contribution in [0.5, 0.6) is 0 Å². The predicted octanol–water partition coefficient (Wildman–Crippen LogP) is 10.2. The lowest BCUT2D eigenvalue weighted by Crippen LogP contribution is -2.75. The Balaban J connectivity index is 6.64. The standard InChI is InChI=1S/C33H71N3Si/c1-8-15-21-27-34(28-22-16-9-2)37(33-14-7,35(29-23-17-10-3)30-24-18-11-4)36(31-25-19-12-5)32-26-20-13-6/h14H,7-13,15-33H2,1-6H3. The molecule has 0 atom stereocenters. The molecule has 0 saturated heterocycles. The summed E-state index contributed by atoms with van der Waals surface area (Å²) < 4.78 is 9.32. The van der Waals surface area contributed by atoms with Crippen molar-refractivity contribution in [1.82, 2.24) is 13.7 Å². The van der Waals surface area contributed by atoms with Gasteiger partial charge in [0.1, 0.15) is 0 Å². The third kappa shape index (κ3) is 15.3. The lowest BCUT2D eigenvalue weighted by atomic mass is 10.2. The lowest BCUT2D eigenvalue weighted by Gasteiger charge is -2.55. The molecule has 0 aliphatic heterocycles. The first kappa shape index (κ1) is 36.8. The van der Waals surface area contributed by atoms with Gasteiger partial charge in [-0.25, -0.2) is 0 Å². The Bertz CT molecular complexity index is 394. The Morgan fingerprint density at radius 1 is 0.405 bits per heavy atom.